The van der Waals surface area contributed by atoms with Gasteiger partial charge in [0.25, 0.3) is 5.91 Å². The number of nitrogens with two attached hydrogens (primary N) is 1. The Morgan fingerprint density at radius 2 is 1.97 bits per heavy atom. The first kappa shape index (κ1) is 23.7. The molecule has 5 rings (SSSR count). The number of piperidine rings is 1. The quantitative estimate of drug-likeness (QED) is 0.401. The van der Waals surface area contributed by atoms with Crippen molar-refractivity contribution in [2.24, 2.45) is 5.73 Å². The van der Waals surface area contributed by atoms with Crippen molar-refractivity contribution in [1.29, 1.82) is 0 Å². The molecular formula is C28H30N6O2. The SMILES string of the molecule is Cc1cn(-c2cc(CN3CCC[C@H](N)C3)cc(NC(=O)c3cc(Oc4ccccc4)ccn3)c2)cn1. The number of ether oxygens (including phenoxy) is 1. The summed E-state index contributed by atoms with van der Waals surface area (Å²) in [6.45, 7) is 4.60. The minimum atomic E-state index is -0.307. The number of hydrogen-bond donors (Lipinski definition) is 2. The van der Waals surface area contributed by atoms with Crippen LogP contribution in [-0.4, -0.2) is 44.5 Å². The lowest BCUT2D eigenvalue weighted by atomic mass is 10.1. The lowest BCUT2D eigenvalue weighted by molar-refractivity contribution is 0.102. The minimum Gasteiger partial charge on any atom is -0.457 e. The lowest BCUT2D eigenvalue weighted by Gasteiger charge is -2.30. The molecule has 1 saturated heterocycles. The highest BCUT2D eigenvalue weighted by molar-refractivity contribution is 6.03. The van der Waals surface area contributed by atoms with Crippen LogP contribution in [0, 0.1) is 6.92 Å². The summed E-state index contributed by atoms with van der Waals surface area (Å²) in [6.07, 6.45) is 7.48. The van der Waals surface area contributed by atoms with Gasteiger partial charge < -0.3 is 20.4 Å². The first-order chi connectivity index (χ1) is 17.5. The summed E-state index contributed by atoms with van der Waals surface area (Å²) in [4.78, 5) is 24.1. The van der Waals surface area contributed by atoms with E-state index in [1.54, 1.807) is 24.7 Å². The first-order valence-electron chi connectivity index (χ1n) is 12.1. The molecule has 3 N–H and O–H groups in total. The van der Waals surface area contributed by atoms with Gasteiger partial charge in [0.15, 0.2) is 0 Å². The van der Waals surface area contributed by atoms with Crippen LogP contribution in [-0.2, 0) is 6.54 Å². The molecule has 0 unspecified atom stereocenters. The lowest BCUT2D eigenvalue weighted by Crippen LogP contribution is -2.42. The molecule has 1 fully saturated rings. The molecule has 1 amide bonds. The van der Waals surface area contributed by atoms with Crippen LogP contribution in [0.2, 0.25) is 0 Å². The third-order valence-electron chi connectivity index (χ3n) is 6.14. The molecule has 0 bridgehead atoms. The Balaban J connectivity index is 1.38. The maximum Gasteiger partial charge on any atom is 0.274 e. The van der Waals surface area contributed by atoms with Gasteiger partial charge >= 0.3 is 0 Å². The number of likely N-dealkylation sites (tertiary alicyclic amines) is 1. The molecule has 184 valence electrons. The van der Waals surface area contributed by atoms with Crippen molar-refractivity contribution in [3.05, 3.63) is 96.3 Å². The normalized spacial score (nSPS) is 16.0. The molecule has 2 aromatic heterocycles. The molecular weight excluding hydrogens is 452 g/mol. The van der Waals surface area contributed by atoms with Crippen molar-refractivity contribution in [1.82, 2.24) is 19.4 Å². The highest BCUT2D eigenvalue weighted by Gasteiger charge is 2.18. The van der Waals surface area contributed by atoms with E-state index in [0.717, 1.165) is 49.4 Å². The van der Waals surface area contributed by atoms with Gasteiger partial charge in [0, 0.05) is 49.0 Å². The number of nitrogens with one attached hydrogen (secondary N) is 1. The number of carbonyl (C=O) groups excluding carboxylic acids is 1. The van der Waals surface area contributed by atoms with Gasteiger partial charge in [-0.3, -0.25) is 14.7 Å². The number of pyridine rings is 1. The van der Waals surface area contributed by atoms with Gasteiger partial charge in [-0.15, -0.1) is 0 Å². The van der Waals surface area contributed by atoms with Crippen molar-refractivity contribution in [2.75, 3.05) is 18.4 Å². The van der Waals surface area contributed by atoms with Crippen LogP contribution in [0.1, 0.15) is 34.6 Å². The topological polar surface area (TPSA) is 98.3 Å². The van der Waals surface area contributed by atoms with E-state index in [1.807, 2.05) is 60.2 Å². The Labute approximate surface area is 210 Å². The zero-order chi connectivity index (χ0) is 24.9. The summed E-state index contributed by atoms with van der Waals surface area (Å²) in [5.41, 5.74) is 10.1. The third-order valence-corrected chi connectivity index (χ3v) is 6.14. The van der Waals surface area contributed by atoms with E-state index >= 15 is 0 Å². The fourth-order valence-corrected chi connectivity index (χ4v) is 4.46. The molecule has 8 nitrogen and oxygen atoms in total. The number of hydrogen-bond acceptors (Lipinski definition) is 6. The molecule has 8 heteroatoms. The maximum atomic E-state index is 13.1. The van der Waals surface area contributed by atoms with Crippen LogP contribution in [0.25, 0.3) is 5.69 Å². The van der Waals surface area contributed by atoms with Gasteiger partial charge in [0.05, 0.1) is 12.0 Å². The van der Waals surface area contributed by atoms with Crippen LogP contribution < -0.4 is 15.8 Å². The van der Waals surface area contributed by atoms with Crippen molar-refractivity contribution in [2.45, 2.75) is 32.4 Å². The summed E-state index contributed by atoms with van der Waals surface area (Å²) in [5, 5.41) is 3.02. The van der Waals surface area contributed by atoms with E-state index in [9.17, 15) is 4.79 Å². The predicted molar refractivity (Wildman–Crippen MR) is 139 cm³/mol. The van der Waals surface area contributed by atoms with Gasteiger partial charge in [-0.2, -0.15) is 0 Å². The molecule has 0 spiro atoms. The number of aryl methyl sites for hydroxylation is 1. The van der Waals surface area contributed by atoms with Crippen molar-refractivity contribution >= 4 is 11.6 Å². The van der Waals surface area contributed by atoms with Crippen LogP contribution >= 0.6 is 0 Å². The predicted octanol–water partition coefficient (Wildman–Crippen LogP) is 4.54. The molecule has 2 aromatic carbocycles. The Hall–Kier alpha value is -4.01. The molecule has 4 aromatic rings. The average Bonchev–Trinajstić information content (AvgIpc) is 3.31. The minimum absolute atomic E-state index is 0.203. The van der Waals surface area contributed by atoms with Crippen LogP contribution in [0.5, 0.6) is 11.5 Å². The smallest absolute Gasteiger partial charge is 0.274 e. The van der Waals surface area contributed by atoms with E-state index in [0.29, 0.717) is 17.2 Å². The number of aromatic nitrogens is 3. The van der Waals surface area contributed by atoms with Gasteiger partial charge in [0.2, 0.25) is 0 Å². The Bertz CT molecular complexity index is 1340. The van der Waals surface area contributed by atoms with Crippen LogP contribution in [0.15, 0.2) is 79.4 Å². The molecule has 3 heterocycles. The highest BCUT2D eigenvalue weighted by atomic mass is 16.5. The van der Waals surface area contributed by atoms with E-state index < -0.39 is 0 Å². The number of amides is 1. The van der Waals surface area contributed by atoms with Gasteiger partial charge in [-0.05, 0) is 68.3 Å². The third kappa shape index (κ3) is 5.97. The van der Waals surface area contributed by atoms with Gasteiger partial charge in [-0.1, -0.05) is 18.2 Å². The Kier molecular flexibility index (Phi) is 7.06. The van der Waals surface area contributed by atoms with E-state index in [2.05, 4.69) is 26.3 Å². The summed E-state index contributed by atoms with van der Waals surface area (Å²) in [6, 6.07) is 19.1. The maximum absolute atomic E-state index is 13.1. The zero-order valence-electron chi connectivity index (χ0n) is 20.3. The Morgan fingerprint density at radius 3 is 2.75 bits per heavy atom. The summed E-state index contributed by atoms with van der Waals surface area (Å²) in [5.74, 6) is 0.935. The molecule has 0 radical (unpaired) electrons. The summed E-state index contributed by atoms with van der Waals surface area (Å²) < 4.78 is 7.83. The van der Waals surface area contributed by atoms with Gasteiger partial charge in [-0.25, -0.2) is 4.98 Å². The second kappa shape index (κ2) is 10.7. The molecule has 1 aliphatic rings. The highest BCUT2D eigenvalue weighted by Crippen LogP contribution is 2.24. The van der Waals surface area contributed by atoms with E-state index in [-0.39, 0.29) is 17.6 Å². The fraction of sp³-hybridized carbons (Fsp3) is 0.250. The second-order valence-corrected chi connectivity index (χ2v) is 9.19. The number of rotatable bonds is 7. The standard InChI is InChI=1S/C28H30N6O2/c1-20-16-34(19-31-20)24-13-21(17-33-11-5-6-22(29)18-33)12-23(14-24)32-28(35)27-15-26(9-10-30-27)36-25-7-3-2-4-8-25/h2-4,7-10,12-16,19,22H,5-6,11,17-18,29H2,1H3,(H,32,35)/t22-/m0/s1. The van der Waals surface area contributed by atoms with Crippen LogP contribution in [0.4, 0.5) is 5.69 Å². The van der Waals surface area contributed by atoms with E-state index in [4.69, 9.17) is 10.5 Å². The zero-order valence-corrected chi connectivity index (χ0v) is 20.3. The molecule has 1 aliphatic heterocycles. The number of carbonyl (C=O) groups is 1. The number of anilines is 1. The molecule has 0 saturated carbocycles. The van der Waals surface area contributed by atoms with Crippen molar-refractivity contribution in [3.8, 4) is 17.2 Å². The number of benzene rings is 2. The average molecular weight is 483 g/mol. The van der Waals surface area contributed by atoms with Gasteiger partial charge in [0.1, 0.15) is 17.2 Å². The largest absolute Gasteiger partial charge is 0.457 e. The second-order valence-electron chi connectivity index (χ2n) is 9.19. The number of para-hydroxylation sites is 1. The number of nitrogens with zero attached hydrogens (tertiary/aromatic N) is 4. The molecule has 0 aliphatic carbocycles. The van der Waals surface area contributed by atoms with Crippen molar-refractivity contribution < 1.29 is 9.53 Å². The monoisotopic (exact) mass is 482 g/mol. The fourth-order valence-electron chi connectivity index (χ4n) is 4.46. The Morgan fingerprint density at radius 1 is 1.11 bits per heavy atom. The summed E-state index contributed by atoms with van der Waals surface area (Å²) in [7, 11) is 0. The molecule has 36 heavy (non-hydrogen) atoms. The first-order valence-corrected chi connectivity index (χ1v) is 12.1. The molecule has 1 atom stereocenters. The van der Waals surface area contributed by atoms with E-state index in [1.165, 1.54) is 0 Å². The number of imidazole rings is 1. The van der Waals surface area contributed by atoms with Crippen molar-refractivity contribution in [3.63, 3.8) is 0 Å². The summed E-state index contributed by atoms with van der Waals surface area (Å²) >= 11 is 0. The van der Waals surface area contributed by atoms with Crippen LogP contribution in [0.3, 0.4) is 0 Å².